The highest BCUT2D eigenvalue weighted by Crippen LogP contribution is 2.13. The third-order valence-corrected chi connectivity index (χ3v) is 2.01. The molecule has 0 fully saturated rings. The molecule has 0 unspecified atom stereocenters. The highest BCUT2D eigenvalue weighted by Gasteiger charge is 2.07. The smallest absolute Gasteiger partial charge is 0.325 e. The first kappa shape index (κ1) is 11.1. The normalized spacial score (nSPS) is 9.13. The average Bonchev–Trinajstić information content (AvgIpc) is 2.28. The van der Waals surface area contributed by atoms with E-state index in [9.17, 15) is 4.79 Å². The van der Waals surface area contributed by atoms with Gasteiger partial charge in [0.15, 0.2) is 0 Å². The maximum Gasteiger partial charge on any atom is 0.325 e. The number of esters is 1. The molecule has 0 aliphatic rings. The number of nitrogens with zero attached hydrogens (tertiary/aromatic N) is 2. The fourth-order valence-electron chi connectivity index (χ4n) is 1.16. The Balaban J connectivity index is 2.78. The Morgan fingerprint density at radius 1 is 1.60 bits per heavy atom. The summed E-state index contributed by atoms with van der Waals surface area (Å²) < 4.78 is 4.55. The summed E-state index contributed by atoms with van der Waals surface area (Å²) in [6, 6.07) is 9.11. The molecular formula is C11H12N2O2. The van der Waals surface area contributed by atoms with Crippen molar-refractivity contribution < 1.29 is 9.53 Å². The second kappa shape index (κ2) is 5.01. The van der Waals surface area contributed by atoms with Crippen LogP contribution in [0.4, 0.5) is 5.69 Å². The van der Waals surface area contributed by atoms with Crippen molar-refractivity contribution >= 4 is 11.7 Å². The summed E-state index contributed by atoms with van der Waals surface area (Å²) in [5, 5.41) is 8.71. The molecule has 0 radical (unpaired) electrons. The minimum atomic E-state index is -0.306. The zero-order valence-corrected chi connectivity index (χ0v) is 8.73. The number of ether oxygens (including phenoxy) is 1. The highest BCUT2D eigenvalue weighted by molar-refractivity contribution is 5.75. The number of carbonyl (C=O) groups is 1. The zero-order valence-electron chi connectivity index (χ0n) is 8.73. The lowest BCUT2D eigenvalue weighted by molar-refractivity contribution is -0.138. The number of anilines is 1. The van der Waals surface area contributed by atoms with Crippen molar-refractivity contribution in [3.8, 4) is 6.07 Å². The Labute approximate surface area is 88.7 Å². The van der Waals surface area contributed by atoms with Gasteiger partial charge in [-0.3, -0.25) is 4.79 Å². The number of benzene rings is 1. The molecule has 1 rings (SSSR count). The molecule has 0 spiro atoms. The maximum absolute atomic E-state index is 11.0. The van der Waals surface area contributed by atoms with Crippen LogP contribution in [0.25, 0.3) is 0 Å². The third-order valence-electron chi connectivity index (χ3n) is 2.01. The Bertz CT molecular complexity index is 396. The minimum absolute atomic E-state index is 0.172. The van der Waals surface area contributed by atoms with E-state index in [1.54, 1.807) is 30.1 Å². The minimum Gasteiger partial charge on any atom is -0.468 e. The van der Waals surface area contributed by atoms with Crippen LogP contribution in [0.5, 0.6) is 0 Å². The number of hydrogen-bond acceptors (Lipinski definition) is 4. The molecule has 0 atom stereocenters. The zero-order chi connectivity index (χ0) is 11.3. The van der Waals surface area contributed by atoms with Crippen LogP contribution in [0.15, 0.2) is 24.3 Å². The Hall–Kier alpha value is -2.02. The molecule has 78 valence electrons. The van der Waals surface area contributed by atoms with Gasteiger partial charge in [0.2, 0.25) is 0 Å². The van der Waals surface area contributed by atoms with E-state index in [-0.39, 0.29) is 12.5 Å². The summed E-state index contributed by atoms with van der Waals surface area (Å²) in [5.74, 6) is -0.306. The average molecular weight is 204 g/mol. The number of likely N-dealkylation sites (N-methyl/N-ethyl adjacent to an activating group) is 1. The van der Waals surface area contributed by atoms with Crippen molar-refractivity contribution in [2.24, 2.45) is 0 Å². The second-order valence-corrected chi connectivity index (χ2v) is 3.09. The van der Waals surface area contributed by atoms with Crippen LogP contribution in [0.2, 0.25) is 0 Å². The van der Waals surface area contributed by atoms with Gasteiger partial charge in [-0.15, -0.1) is 0 Å². The molecule has 0 heterocycles. The fourth-order valence-corrected chi connectivity index (χ4v) is 1.16. The van der Waals surface area contributed by atoms with E-state index < -0.39 is 0 Å². The molecule has 0 bridgehead atoms. The standard InChI is InChI=1S/C11H12N2O2/c1-13(8-11(14)15-2)10-5-3-4-9(6-10)7-12/h3-6H,8H2,1-2H3. The van der Waals surface area contributed by atoms with Gasteiger partial charge in [-0.25, -0.2) is 0 Å². The van der Waals surface area contributed by atoms with Gasteiger partial charge >= 0.3 is 5.97 Å². The number of hydrogen-bond donors (Lipinski definition) is 0. The molecule has 0 aliphatic heterocycles. The van der Waals surface area contributed by atoms with Crippen LogP contribution in [0.1, 0.15) is 5.56 Å². The highest BCUT2D eigenvalue weighted by atomic mass is 16.5. The van der Waals surface area contributed by atoms with Gasteiger partial charge in [0, 0.05) is 12.7 Å². The van der Waals surface area contributed by atoms with E-state index in [0.717, 1.165) is 5.69 Å². The van der Waals surface area contributed by atoms with Crippen LogP contribution in [-0.2, 0) is 9.53 Å². The van der Waals surface area contributed by atoms with Crippen LogP contribution < -0.4 is 4.90 Å². The number of rotatable bonds is 3. The molecule has 0 N–H and O–H groups in total. The molecule has 1 aromatic rings. The van der Waals surface area contributed by atoms with E-state index in [1.165, 1.54) is 7.11 Å². The molecule has 4 nitrogen and oxygen atoms in total. The summed E-state index contributed by atoms with van der Waals surface area (Å²) in [6.07, 6.45) is 0. The SMILES string of the molecule is COC(=O)CN(C)c1cccc(C#N)c1. The Kier molecular flexibility index (Phi) is 3.69. The van der Waals surface area contributed by atoms with Gasteiger partial charge in [0.25, 0.3) is 0 Å². The summed E-state index contributed by atoms with van der Waals surface area (Å²) in [7, 11) is 3.12. The van der Waals surface area contributed by atoms with Gasteiger partial charge < -0.3 is 9.64 Å². The largest absolute Gasteiger partial charge is 0.468 e. The second-order valence-electron chi connectivity index (χ2n) is 3.09. The first-order valence-electron chi connectivity index (χ1n) is 4.45. The van der Waals surface area contributed by atoms with Crippen LogP contribution in [0, 0.1) is 11.3 Å². The topological polar surface area (TPSA) is 53.3 Å². The number of nitriles is 1. The molecule has 0 aromatic heterocycles. The Morgan fingerprint density at radius 3 is 2.93 bits per heavy atom. The van der Waals surface area contributed by atoms with Crippen molar-refractivity contribution in [2.75, 3.05) is 25.6 Å². The molecule has 0 amide bonds. The third kappa shape index (κ3) is 2.99. The number of carbonyl (C=O) groups excluding carboxylic acids is 1. The fraction of sp³-hybridized carbons (Fsp3) is 0.273. The van der Waals surface area contributed by atoms with Crippen molar-refractivity contribution in [3.63, 3.8) is 0 Å². The van der Waals surface area contributed by atoms with Gasteiger partial charge in [0.1, 0.15) is 6.54 Å². The molecule has 0 saturated heterocycles. The van der Waals surface area contributed by atoms with E-state index in [4.69, 9.17) is 5.26 Å². The van der Waals surface area contributed by atoms with E-state index >= 15 is 0 Å². The predicted octanol–water partition coefficient (Wildman–Crippen LogP) is 1.17. The van der Waals surface area contributed by atoms with E-state index in [0.29, 0.717) is 5.56 Å². The first-order chi connectivity index (χ1) is 7.17. The van der Waals surface area contributed by atoms with Crippen LogP contribution >= 0.6 is 0 Å². The van der Waals surface area contributed by atoms with Gasteiger partial charge in [-0.1, -0.05) is 6.07 Å². The quantitative estimate of drug-likeness (QED) is 0.693. The van der Waals surface area contributed by atoms with E-state index in [2.05, 4.69) is 4.74 Å². The molecule has 4 heteroatoms. The van der Waals surface area contributed by atoms with Crippen molar-refractivity contribution in [2.45, 2.75) is 0 Å². The lowest BCUT2D eigenvalue weighted by Crippen LogP contribution is -2.26. The van der Waals surface area contributed by atoms with Gasteiger partial charge in [-0.05, 0) is 18.2 Å². The number of methoxy groups -OCH3 is 1. The lowest BCUT2D eigenvalue weighted by atomic mass is 10.2. The molecule has 1 aromatic carbocycles. The summed E-state index contributed by atoms with van der Waals surface area (Å²) >= 11 is 0. The van der Waals surface area contributed by atoms with Crippen LogP contribution in [0.3, 0.4) is 0 Å². The van der Waals surface area contributed by atoms with Crippen molar-refractivity contribution in [1.82, 2.24) is 0 Å². The maximum atomic E-state index is 11.0. The van der Waals surface area contributed by atoms with Crippen molar-refractivity contribution in [3.05, 3.63) is 29.8 Å². The monoisotopic (exact) mass is 204 g/mol. The summed E-state index contributed by atoms with van der Waals surface area (Å²) in [6.45, 7) is 0.172. The Morgan fingerprint density at radius 2 is 2.33 bits per heavy atom. The molecule has 15 heavy (non-hydrogen) atoms. The predicted molar refractivity (Wildman–Crippen MR) is 56.4 cm³/mol. The first-order valence-corrected chi connectivity index (χ1v) is 4.45. The summed E-state index contributed by atoms with van der Waals surface area (Å²) in [4.78, 5) is 12.7. The molecule has 0 aliphatic carbocycles. The van der Waals surface area contributed by atoms with Gasteiger partial charge in [-0.2, -0.15) is 5.26 Å². The van der Waals surface area contributed by atoms with Crippen molar-refractivity contribution in [1.29, 1.82) is 5.26 Å². The lowest BCUT2D eigenvalue weighted by Gasteiger charge is -2.17. The summed E-state index contributed by atoms with van der Waals surface area (Å²) in [5.41, 5.74) is 1.39. The van der Waals surface area contributed by atoms with Gasteiger partial charge in [0.05, 0.1) is 18.7 Å². The van der Waals surface area contributed by atoms with E-state index in [1.807, 2.05) is 12.1 Å². The molecular weight excluding hydrogens is 192 g/mol. The van der Waals surface area contributed by atoms with Crippen LogP contribution in [-0.4, -0.2) is 26.7 Å². The molecule has 0 saturated carbocycles.